The lowest BCUT2D eigenvalue weighted by Crippen LogP contribution is -2.56. The molecule has 0 radical (unpaired) electrons. The minimum atomic E-state index is -4.34. The Hall–Kier alpha value is -2.62. The summed E-state index contributed by atoms with van der Waals surface area (Å²) in [5.74, 6) is 0.440. The van der Waals surface area contributed by atoms with Gasteiger partial charge in [-0.25, -0.2) is 0 Å². The Morgan fingerprint density at radius 1 is 0.975 bits per heavy atom. The number of anilines is 1. The number of piperidine rings is 1. The molecule has 218 valence electrons. The fraction of sp³-hybridized carbons (Fsp3) is 0.581. The molecule has 0 aliphatic carbocycles. The van der Waals surface area contributed by atoms with Crippen molar-refractivity contribution in [3.8, 4) is 0 Å². The molecule has 3 heterocycles. The summed E-state index contributed by atoms with van der Waals surface area (Å²) >= 11 is 0. The van der Waals surface area contributed by atoms with Crippen LogP contribution in [-0.4, -0.2) is 80.3 Å². The number of halogens is 3. The number of carbonyl (C=O) groups is 1. The van der Waals surface area contributed by atoms with Crippen LogP contribution < -0.4 is 10.2 Å². The number of hydrogen-bond acceptors (Lipinski definition) is 5. The molecule has 1 unspecified atom stereocenters. The third-order valence-electron chi connectivity index (χ3n) is 8.64. The smallest absolute Gasteiger partial charge is 0.376 e. The van der Waals surface area contributed by atoms with Crippen molar-refractivity contribution in [1.82, 2.24) is 15.1 Å². The molecule has 0 aromatic heterocycles. The lowest BCUT2D eigenvalue weighted by atomic mass is 9.86. The van der Waals surface area contributed by atoms with E-state index in [4.69, 9.17) is 4.74 Å². The number of nitrogens with zero attached hydrogens (tertiary/aromatic N) is 3. The molecule has 2 aromatic carbocycles. The van der Waals surface area contributed by atoms with Gasteiger partial charge in [-0.15, -0.1) is 0 Å². The van der Waals surface area contributed by atoms with E-state index in [1.807, 2.05) is 6.07 Å². The monoisotopic (exact) mass is 558 g/mol. The van der Waals surface area contributed by atoms with Crippen molar-refractivity contribution in [3.63, 3.8) is 0 Å². The third kappa shape index (κ3) is 7.77. The van der Waals surface area contributed by atoms with Crippen LogP contribution in [0.3, 0.4) is 0 Å². The van der Waals surface area contributed by atoms with E-state index >= 15 is 0 Å². The maximum Gasteiger partial charge on any atom is 0.416 e. The first-order chi connectivity index (χ1) is 19.3. The number of hydrogen-bond donors (Lipinski definition) is 1. The molecule has 3 fully saturated rings. The Balaban J connectivity index is 1.19. The van der Waals surface area contributed by atoms with Crippen molar-refractivity contribution in [3.05, 3.63) is 65.7 Å². The van der Waals surface area contributed by atoms with Gasteiger partial charge in [0.1, 0.15) is 0 Å². The molecule has 40 heavy (non-hydrogen) atoms. The van der Waals surface area contributed by atoms with Gasteiger partial charge < -0.3 is 15.0 Å². The molecule has 3 saturated heterocycles. The summed E-state index contributed by atoms with van der Waals surface area (Å²) in [4.78, 5) is 19.8. The lowest BCUT2D eigenvalue weighted by molar-refractivity contribution is -0.137. The van der Waals surface area contributed by atoms with Gasteiger partial charge in [0, 0.05) is 70.6 Å². The molecule has 0 bridgehead atoms. The highest BCUT2D eigenvalue weighted by molar-refractivity contribution is 5.75. The molecule has 9 heteroatoms. The maximum atomic E-state index is 13.2. The summed E-state index contributed by atoms with van der Waals surface area (Å²) in [6.45, 7) is 7.20. The summed E-state index contributed by atoms with van der Waals surface area (Å²) in [6, 6.07) is 16.5. The summed E-state index contributed by atoms with van der Waals surface area (Å²) in [6.07, 6.45) is 0.210. The average molecular weight is 559 g/mol. The highest BCUT2D eigenvalue weighted by Gasteiger charge is 2.36. The van der Waals surface area contributed by atoms with E-state index < -0.39 is 11.7 Å². The van der Waals surface area contributed by atoms with Crippen LogP contribution in [0.25, 0.3) is 0 Å². The predicted molar refractivity (Wildman–Crippen MR) is 150 cm³/mol. The van der Waals surface area contributed by atoms with Gasteiger partial charge in [0.2, 0.25) is 5.91 Å². The van der Waals surface area contributed by atoms with Gasteiger partial charge >= 0.3 is 6.18 Å². The standard InChI is InChI=1S/C31H41F3N4O2/c32-31(33,34)26-8-4-9-27(20-26)37-15-17-38(18-16-37)29-13-14-36(22-24-6-2-1-3-7-24)23-25(29)11-12-30(39)35-21-28-10-5-19-40-28/h1-4,6-9,20,25,28-29H,5,10-19,21-23H2,(H,35,39)/t25-,28?,29+/m1/s1. The van der Waals surface area contributed by atoms with Crippen molar-refractivity contribution in [2.45, 2.75) is 57.0 Å². The van der Waals surface area contributed by atoms with Gasteiger partial charge in [-0.05, 0) is 61.9 Å². The molecule has 5 rings (SSSR count). The molecule has 6 nitrogen and oxygen atoms in total. The molecule has 3 aliphatic rings. The number of alkyl halides is 3. The fourth-order valence-corrected chi connectivity index (χ4v) is 6.47. The molecule has 0 spiro atoms. The van der Waals surface area contributed by atoms with E-state index in [1.165, 1.54) is 17.7 Å². The van der Waals surface area contributed by atoms with Crippen LogP contribution in [0.15, 0.2) is 54.6 Å². The molecule has 2 aromatic rings. The van der Waals surface area contributed by atoms with Crippen LogP contribution in [0, 0.1) is 5.92 Å². The van der Waals surface area contributed by atoms with E-state index in [0.29, 0.717) is 43.7 Å². The average Bonchev–Trinajstić information content (AvgIpc) is 3.49. The van der Waals surface area contributed by atoms with Crippen LogP contribution in [0.2, 0.25) is 0 Å². The number of piperazine rings is 1. The van der Waals surface area contributed by atoms with E-state index in [-0.39, 0.29) is 12.0 Å². The van der Waals surface area contributed by atoms with Crippen molar-refractivity contribution in [2.75, 3.05) is 57.3 Å². The highest BCUT2D eigenvalue weighted by atomic mass is 19.4. The molecule has 3 atom stereocenters. The van der Waals surface area contributed by atoms with Gasteiger partial charge in [0.05, 0.1) is 11.7 Å². The lowest BCUT2D eigenvalue weighted by Gasteiger charge is -2.47. The molecule has 3 aliphatic heterocycles. The Morgan fingerprint density at radius 3 is 2.50 bits per heavy atom. The van der Waals surface area contributed by atoms with Crippen molar-refractivity contribution in [1.29, 1.82) is 0 Å². The SMILES string of the molecule is O=C(CC[C@@H]1CN(Cc2ccccc2)CC[C@@H]1N1CCN(c2cccc(C(F)(F)F)c2)CC1)NCC1CCCO1. The first-order valence-electron chi connectivity index (χ1n) is 14.7. The summed E-state index contributed by atoms with van der Waals surface area (Å²) in [7, 11) is 0. The Morgan fingerprint density at radius 2 is 1.77 bits per heavy atom. The zero-order valence-electron chi connectivity index (χ0n) is 23.1. The number of rotatable bonds is 9. The summed E-state index contributed by atoms with van der Waals surface area (Å²) in [5, 5.41) is 3.07. The Bertz CT molecular complexity index is 1090. The molecular weight excluding hydrogens is 517 g/mol. The number of benzene rings is 2. The van der Waals surface area contributed by atoms with E-state index in [2.05, 4.69) is 44.3 Å². The molecule has 1 amide bonds. The topological polar surface area (TPSA) is 48.1 Å². The largest absolute Gasteiger partial charge is 0.416 e. The Kier molecular flexibility index (Phi) is 9.65. The van der Waals surface area contributed by atoms with Crippen molar-refractivity contribution in [2.24, 2.45) is 5.92 Å². The van der Waals surface area contributed by atoms with Crippen LogP contribution >= 0.6 is 0 Å². The zero-order valence-corrected chi connectivity index (χ0v) is 23.1. The quantitative estimate of drug-likeness (QED) is 0.480. The Labute approximate surface area is 235 Å². The number of amides is 1. The van der Waals surface area contributed by atoms with Crippen molar-refractivity contribution < 1.29 is 22.7 Å². The molecule has 0 saturated carbocycles. The van der Waals surface area contributed by atoms with E-state index in [1.54, 1.807) is 6.07 Å². The minimum absolute atomic E-state index is 0.0869. The number of carbonyl (C=O) groups excluding carboxylic acids is 1. The number of nitrogens with one attached hydrogen (secondary N) is 1. The van der Waals surface area contributed by atoms with Gasteiger partial charge in [-0.1, -0.05) is 36.4 Å². The zero-order chi connectivity index (χ0) is 28.0. The van der Waals surface area contributed by atoms with Crippen molar-refractivity contribution >= 4 is 11.6 Å². The second kappa shape index (κ2) is 13.4. The van der Waals surface area contributed by atoms with E-state index in [9.17, 15) is 18.0 Å². The van der Waals surface area contributed by atoms with Crippen LogP contribution in [0.5, 0.6) is 0 Å². The molecule has 1 N–H and O–H groups in total. The normalized spacial score (nSPS) is 24.8. The van der Waals surface area contributed by atoms with Crippen LogP contribution in [0.4, 0.5) is 18.9 Å². The summed E-state index contributed by atoms with van der Waals surface area (Å²) in [5.41, 5.74) is 1.33. The van der Waals surface area contributed by atoms with Gasteiger partial charge in [-0.2, -0.15) is 13.2 Å². The van der Waals surface area contributed by atoms with Gasteiger partial charge in [0.25, 0.3) is 0 Å². The summed E-state index contributed by atoms with van der Waals surface area (Å²) < 4.78 is 45.4. The van der Waals surface area contributed by atoms with Crippen LogP contribution in [0.1, 0.15) is 43.2 Å². The van der Waals surface area contributed by atoms with Crippen LogP contribution in [-0.2, 0) is 22.3 Å². The number of ether oxygens (including phenoxy) is 1. The second-order valence-electron chi connectivity index (χ2n) is 11.4. The van der Waals surface area contributed by atoms with Gasteiger partial charge in [-0.3, -0.25) is 14.6 Å². The predicted octanol–water partition coefficient (Wildman–Crippen LogP) is 4.79. The minimum Gasteiger partial charge on any atom is -0.376 e. The first-order valence-corrected chi connectivity index (χ1v) is 14.7. The van der Waals surface area contributed by atoms with E-state index in [0.717, 1.165) is 71.1 Å². The second-order valence-corrected chi connectivity index (χ2v) is 11.4. The fourth-order valence-electron chi connectivity index (χ4n) is 6.47. The third-order valence-corrected chi connectivity index (χ3v) is 8.64. The number of likely N-dealkylation sites (tertiary alicyclic amines) is 1. The maximum absolute atomic E-state index is 13.2. The highest BCUT2D eigenvalue weighted by Crippen LogP contribution is 2.33. The first kappa shape index (κ1) is 28.9. The molecular formula is C31H41F3N4O2. The van der Waals surface area contributed by atoms with Gasteiger partial charge in [0.15, 0.2) is 0 Å².